The number of hydrogen-bond acceptors (Lipinski definition) is 3. The van der Waals surface area contributed by atoms with Crippen LogP contribution >= 0.6 is 12.2 Å². The third kappa shape index (κ3) is 2.80. The van der Waals surface area contributed by atoms with E-state index in [0.29, 0.717) is 16.4 Å². The number of ether oxygens (including phenoxy) is 1. The molecule has 0 aliphatic rings. The van der Waals surface area contributed by atoms with Gasteiger partial charge in [-0.25, -0.2) is 4.98 Å². The summed E-state index contributed by atoms with van der Waals surface area (Å²) < 4.78 is 5.97. The highest BCUT2D eigenvalue weighted by molar-refractivity contribution is 7.80. The maximum absolute atomic E-state index is 5.97. The molecule has 2 rings (SSSR count). The number of benzene rings is 1. The Labute approximate surface area is 124 Å². The lowest BCUT2D eigenvalue weighted by molar-refractivity contribution is 0.456. The van der Waals surface area contributed by atoms with Crippen molar-refractivity contribution in [2.45, 2.75) is 27.7 Å². The second kappa shape index (κ2) is 5.59. The van der Waals surface area contributed by atoms with Gasteiger partial charge in [-0.05, 0) is 56.5 Å². The first-order valence-corrected chi connectivity index (χ1v) is 6.83. The molecule has 0 unspecified atom stereocenters. The van der Waals surface area contributed by atoms with E-state index in [4.69, 9.17) is 22.7 Å². The molecule has 0 bridgehead atoms. The van der Waals surface area contributed by atoms with E-state index in [9.17, 15) is 0 Å². The van der Waals surface area contributed by atoms with Gasteiger partial charge in [0.15, 0.2) is 0 Å². The fraction of sp³-hybridized carbons (Fsp3) is 0.250. The van der Waals surface area contributed by atoms with Crippen molar-refractivity contribution in [3.8, 4) is 11.6 Å². The predicted octanol–water partition coefficient (Wildman–Crippen LogP) is 3.74. The van der Waals surface area contributed by atoms with Crippen molar-refractivity contribution in [1.29, 1.82) is 0 Å². The summed E-state index contributed by atoms with van der Waals surface area (Å²) in [7, 11) is 0. The van der Waals surface area contributed by atoms with Crippen molar-refractivity contribution < 1.29 is 4.74 Å². The minimum atomic E-state index is 0.301. The number of aromatic nitrogens is 1. The van der Waals surface area contributed by atoms with Crippen LogP contribution in [0.15, 0.2) is 24.3 Å². The highest BCUT2D eigenvalue weighted by Crippen LogP contribution is 2.29. The van der Waals surface area contributed by atoms with Gasteiger partial charge in [0.25, 0.3) is 0 Å². The van der Waals surface area contributed by atoms with Gasteiger partial charge in [-0.1, -0.05) is 24.4 Å². The van der Waals surface area contributed by atoms with Crippen molar-refractivity contribution >= 4 is 17.2 Å². The number of thiocarbonyl (C=S) groups is 1. The van der Waals surface area contributed by atoms with Crippen LogP contribution in [0.1, 0.15) is 27.9 Å². The van der Waals surface area contributed by atoms with Crippen LogP contribution in [-0.2, 0) is 0 Å². The number of nitrogens with zero attached hydrogens (tertiary/aromatic N) is 1. The molecule has 0 aliphatic heterocycles. The molecule has 0 fully saturated rings. The van der Waals surface area contributed by atoms with E-state index < -0.39 is 0 Å². The van der Waals surface area contributed by atoms with Gasteiger partial charge in [-0.15, -0.1) is 0 Å². The fourth-order valence-corrected chi connectivity index (χ4v) is 2.36. The lowest BCUT2D eigenvalue weighted by atomic mass is 10.1. The van der Waals surface area contributed by atoms with Gasteiger partial charge in [0.05, 0.1) is 5.56 Å². The molecule has 4 heteroatoms. The molecule has 0 radical (unpaired) electrons. The largest absolute Gasteiger partial charge is 0.438 e. The molecule has 0 amide bonds. The zero-order valence-electron chi connectivity index (χ0n) is 12.2. The molecule has 0 atom stereocenters. The zero-order valence-corrected chi connectivity index (χ0v) is 13.0. The third-order valence-corrected chi connectivity index (χ3v) is 3.52. The summed E-state index contributed by atoms with van der Waals surface area (Å²) in [6, 6.07) is 7.88. The quantitative estimate of drug-likeness (QED) is 0.873. The standard InChI is InChI=1S/C16H18N2OS/c1-9-6-5-7-13(12(9)4)19-16-14(15(17)20)10(2)8-11(3)18-16/h5-8H,1-4H3,(H2,17,20). The molecule has 0 aliphatic carbocycles. The van der Waals surface area contributed by atoms with E-state index in [1.54, 1.807) is 0 Å². The Morgan fingerprint density at radius 3 is 2.50 bits per heavy atom. The van der Waals surface area contributed by atoms with E-state index in [-0.39, 0.29) is 0 Å². The van der Waals surface area contributed by atoms with Gasteiger partial charge in [-0.2, -0.15) is 0 Å². The molecule has 104 valence electrons. The van der Waals surface area contributed by atoms with Gasteiger partial charge in [-0.3, -0.25) is 0 Å². The summed E-state index contributed by atoms with van der Waals surface area (Å²) in [4.78, 5) is 4.73. The van der Waals surface area contributed by atoms with E-state index in [1.807, 2.05) is 52.0 Å². The molecule has 1 aromatic heterocycles. The Kier molecular flexibility index (Phi) is 4.04. The molecule has 0 saturated heterocycles. The topological polar surface area (TPSA) is 48.1 Å². The average molecular weight is 286 g/mol. The van der Waals surface area contributed by atoms with Crippen LogP contribution in [0.25, 0.3) is 0 Å². The Bertz CT molecular complexity index is 680. The lowest BCUT2D eigenvalue weighted by Crippen LogP contribution is -2.14. The van der Waals surface area contributed by atoms with Gasteiger partial charge >= 0.3 is 0 Å². The SMILES string of the molecule is Cc1cc(C)c(C(N)=S)c(Oc2cccc(C)c2C)n1. The van der Waals surface area contributed by atoms with Crippen molar-refractivity contribution in [2.75, 3.05) is 0 Å². The van der Waals surface area contributed by atoms with Crippen LogP contribution in [0, 0.1) is 27.7 Å². The minimum absolute atomic E-state index is 0.301. The molecule has 1 aromatic carbocycles. The van der Waals surface area contributed by atoms with Crippen LogP contribution in [0.2, 0.25) is 0 Å². The molecule has 20 heavy (non-hydrogen) atoms. The molecular formula is C16H18N2OS. The average Bonchev–Trinajstić information content (AvgIpc) is 2.33. The van der Waals surface area contributed by atoms with Gasteiger partial charge < -0.3 is 10.5 Å². The maximum Gasteiger partial charge on any atom is 0.229 e. The molecule has 0 spiro atoms. The van der Waals surface area contributed by atoms with Crippen LogP contribution in [0.4, 0.5) is 0 Å². The summed E-state index contributed by atoms with van der Waals surface area (Å²) in [6.07, 6.45) is 0. The van der Waals surface area contributed by atoms with Crippen LogP contribution < -0.4 is 10.5 Å². The molecule has 3 nitrogen and oxygen atoms in total. The smallest absolute Gasteiger partial charge is 0.229 e. The van der Waals surface area contributed by atoms with Crippen molar-refractivity contribution in [3.63, 3.8) is 0 Å². The molecule has 1 heterocycles. The van der Waals surface area contributed by atoms with E-state index >= 15 is 0 Å². The molecule has 2 N–H and O–H groups in total. The minimum Gasteiger partial charge on any atom is -0.438 e. The van der Waals surface area contributed by atoms with Gasteiger partial charge in [0.2, 0.25) is 5.88 Å². The number of nitrogens with two attached hydrogens (primary N) is 1. The first-order chi connectivity index (χ1) is 9.40. The van der Waals surface area contributed by atoms with Crippen LogP contribution in [0.3, 0.4) is 0 Å². The number of aryl methyl sites for hydroxylation is 3. The Hall–Kier alpha value is -1.94. The zero-order chi connectivity index (χ0) is 14.9. The summed E-state index contributed by atoms with van der Waals surface area (Å²) in [5.74, 6) is 1.25. The van der Waals surface area contributed by atoms with Gasteiger partial charge in [0, 0.05) is 5.69 Å². The number of rotatable bonds is 3. The van der Waals surface area contributed by atoms with Crippen molar-refractivity contribution in [2.24, 2.45) is 5.73 Å². The number of pyridine rings is 1. The highest BCUT2D eigenvalue weighted by atomic mass is 32.1. The highest BCUT2D eigenvalue weighted by Gasteiger charge is 2.14. The van der Waals surface area contributed by atoms with Crippen LogP contribution in [0.5, 0.6) is 11.6 Å². The summed E-state index contributed by atoms with van der Waals surface area (Å²) in [5, 5.41) is 0. The lowest BCUT2D eigenvalue weighted by Gasteiger charge is -2.14. The predicted molar refractivity (Wildman–Crippen MR) is 85.6 cm³/mol. The van der Waals surface area contributed by atoms with Crippen molar-refractivity contribution in [3.05, 3.63) is 52.2 Å². The number of hydrogen-bond donors (Lipinski definition) is 1. The molecule has 0 saturated carbocycles. The first kappa shape index (κ1) is 14.5. The van der Waals surface area contributed by atoms with E-state index in [2.05, 4.69) is 4.98 Å². The second-order valence-corrected chi connectivity index (χ2v) is 5.36. The third-order valence-electron chi connectivity index (χ3n) is 3.32. The van der Waals surface area contributed by atoms with E-state index in [1.165, 1.54) is 5.56 Å². The summed E-state index contributed by atoms with van der Waals surface area (Å²) in [5.41, 5.74) is 10.6. The van der Waals surface area contributed by atoms with Gasteiger partial charge in [0.1, 0.15) is 10.7 Å². The second-order valence-electron chi connectivity index (χ2n) is 4.93. The normalized spacial score (nSPS) is 10.4. The Morgan fingerprint density at radius 1 is 1.15 bits per heavy atom. The molecular weight excluding hydrogens is 268 g/mol. The molecule has 2 aromatic rings. The Morgan fingerprint density at radius 2 is 1.85 bits per heavy atom. The maximum atomic E-state index is 5.97. The van der Waals surface area contributed by atoms with Crippen LogP contribution in [-0.4, -0.2) is 9.97 Å². The van der Waals surface area contributed by atoms with E-state index in [0.717, 1.165) is 22.6 Å². The summed E-state index contributed by atoms with van der Waals surface area (Å²) in [6.45, 7) is 7.95. The summed E-state index contributed by atoms with van der Waals surface area (Å²) >= 11 is 5.11. The Balaban J connectivity index is 2.53. The monoisotopic (exact) mass is 286 g/mol. The van der Waals surface area contributed by atoms with Crippen molar-refractivity contribution in [1.82, 2.24) is 4.98 Å². The fourth-order valence-electron chi connectivity index (χ4n) is 2.11. The first-order valence-electron chi connectivity index (χ1n) is 6.42.